The van der Waals surface area contributed by atoms with Gasteiger partial charge in [0.25, 0.3) is 0 Å². The minimum Gasteiger partial charge on any atom is -0.355 e. The van der Waals surface area contributed by atoms with Crippen molar-refractivity contribution in [2.75, 3.05) is 18.0 Å². The van der Waals surface area contributed by atoms with E-state index in [1.165, 1.54) is 16.7 Å². The number of aryl methyl sites for hydroxylation is 1. The van der Waals surface area contributed by atoms with Crippen LogP contribution >= 0.6 is 11.3 Å². The minimum absolute atomic E-state index is 0.271. The summed E-state index contributed by atoms with van der Waals surface area (Å²) in [6.45, 7) is 3.98. The Kier molecular flexibility index (Phi) is 3.93. The molecule has 1 amide bonds. The number of amides is 1. The predicted octanol–water partition coefficient (Wildman–Crippen LogP) is 2.88. The fraction of sp³-hybridized carbons (Fsp3) is 0.588. The first-order valence-electron chi connectivity index (χ1n) is 8.46. The van der Waals surface area contributed by atoms with E-state index in [1.807, 2.05) is 0 Å². The Morgan fingerprint density at radius 1 is 1.26 bits per heavy atom. The van der Waals surface area contributed by atoms with Crippen molar-refractivity contribution in [3.05, 3.63) is 17.3 Å². The summed E-state index contributed by atoms with van der Waals surface area (Å²) < 4.78 is 1.18. The third-order valence-corrected chi connectivity index (χ3v) is 6.21. The molecule has 3 heterocycles. The fourth-order valence-corrected chi connectivity index (χ4v) is 4.43. The van der Waals surface area contributed by atoms with Gasteiger partial charge in [-0.05, 0) is 43.6 Å². The summed E-state index contributed by atoms with van der Waals surface area (Å²) in [6.07, 6.45) is 7.01. The van der Waals surface area contributed by atoms with Crippen LogP contribution in [0.1, 0.15) is 37.7 Å². The molecule has 6 heteroatoms. The molecule has 0 spiro atoms. The van der Waals surface area contributed by atoms with Crippen LogP contribution in [0.25, 0.3) is 10.2 Å². The summed E-state index contributed by atoms with van der Waals surface area (Å²) in [7, 11) is 0. The van der Waals surface area contributed by atoms with Crippen molar-refractivity contribution < 1.29 is 4.79 Å². The van der Waals surface area contributed by atoms with Gasteiger partial charge in [0, 0.05) is 25.0 Å². The fourth-order valence-electron chi connectivity index (χ4n) is 3.41. The summed E-state index contributed by atoms with van der Waals surface area (Å²) in [5.74, 6) is 1.61. The average Bonchev–Trinajstić information content (AvgIpc) is 2.88. The van der Waals surface area contributed by atoms with E-state index in [-0.39, 0.29) is 11.8 Å². The second kappa shape index (κ2) is 6.07. The molecule has 1 saturated heterocycles. The summed E-state index contributed by atoms with van der Waals surface area (Å²) in [5, 5.41) is 5.39. The van der Waals surface area contributed by atoms with E-state index in [4.69, 9.17) is 0 Å². The van der Waals surface area contributed by atoms with Gasteiger partial charge in [-0.15, -0.1) is 11.3 Å². The highest BCUT2D eigenvalue weighted by molar-refractivity contribution is 7.18. The van der Waals surface area contributed by atoms with E-state index in [0.29, 0.717) is 6.04 Å². The zero-order valence-corrected chi connectivity index (χ0v) is 14.2. The predicted molar refractivity (Wildman–Crippen MR) is 92.9 cm³/mol. The van der Waals surface area contributed by atoms with Crippen molar-refractivity contribution in [1.29, 1.82) is 0 Å². The number of aromatic nitrogens is 2. The monoisotopic (exact) mass is 330 g/mol. The molecule has 5 nitrogen and oxygen atoms in total. The number of carbonyl (C=O) groups is 1. The molecular weight excluding hydrogens is 308 g/mol. The van der Waals surface area contributed by atoms with Gasteiger partial charge in [-0.3, -0.25) is 4.79 Å². The zero-order chi connectivity index (χ0) is 15.8. The maximum absolute atomic E-state index is 12.1. The lowest BCUT2D eigenvalue weighted by atomic mass is 9.84. The Labute approximate surface area is 140 Å². The molecule has 2 aromatic heterocycles. The van der Waals surface area contributed by atoms with Crippen molar-refractivity contribution in [1.82, 2.24) is 15.3 Å². The first-order valence-corrected chi connectivity index (χ1v) is 9.34. The number of carbonyl (C=O) groups excluding carboxylic acids is 1. The van der Waals surface area contributed by atoms with Crippen LogP contribution in [-0.2, 0) is 4.79 Å². The number of piperidine rings is 1. The van der Waals surface area contributed by atoms with Crippen molar-refractivity contribution >= 4 is 33.3 Å². The smallest absolute Gasteiger partial charge is 0.223 e. The molecule has 0 atom stereocenters. The second-order valence-corrected chi connectivity index (χ2v) is 7.57. The molecular formula is C17H22N4OS. The van der Waals surface area contributed by atoms with Gasteiger partial charge in [0.1, 0.15) is 12.1 Å². The van der Waals surface area contributed by atoms with Crippen LogP contribution < -0.4 is 10.2 Å². The number of thiophene rings is 1. The van der Waals surface area contributed by atoms with Crippen LogP contribution in [0.4, 0.5) is 5.82 Å². The molecule has 1 aliphatic heterocycles. The largest absolute Gasteiger partial charge is 0.355 e. The number of fused-ring (bicyclic) bond motifs is 1. The van der Waals surface area contributed by atoms with Crippen molar-refractivity contribution in [3.63, 3.8) is 0 Å². The summed E-state index contributed by atoms with van der Waals surface area (Å²) in [6, 6.07) is 0.321. The average molecular weight is 330 g/mol. The van der Waals surface area contributed by atoms with Crippen molar-refractivity contribution in [2.24, 2.45) is 5.92 Å². The first-order chi connectivity index (χ1) is 11.2. The molecule has 4 rings (SSSR count). The van der Waals surface area contributed by atoms with Crippen LogP contribution in [0.2, 0.25) is 0 Å². The van der Waals surface area contributed by atoms with Gasteiger partial charge in [0.05, 0.1) is 10.2 Å². The van der Waals surface area contributed by atoms with Crippen molar-refractivity contribution in [2.45, 2.75) is 45.1 Å². The Morgan fingerprint density at radius 3 is 2.74 bits per heavy atom. The van der Waals surface area contributed by atoms with E-state index in [1.54, 1.807) is 17.7 Å². The summed E-state index contributed by atoms with van der Waals surface area (Å²) in [5.41, 5.74) is 2.29. The van der Waals surface area contributed by atoms with Gasteiger partial charge in [-0.25, -0.2) is 9.97 Å². The number of nitrogens with zero attached hydrogens (tertiary/aromatic N) is 3. The maximum Gasteiger partial charge on any atom is 0.223 e. The molecule has 2 aliphatic rings. The third kappa shape index (κ3) is 2.80. The lowest BCUT2D eigenvalue weighted by molar-refractivity contribution is -0.128. The quantitative estimate of drug-likeness (QED) is 0.940. The van der Waals surface area contributed by atoms with E-state index in [2.05, 4.69) is 32.5 Å². The highest BCUT2D eigenvalue weighted by atomic mass is 32.1. The van der Waals surface area contributed by atoms with Gasteiger partial charge in [-0.1, -0.05) is 6.42 Å². The highest BCUT2D eigenvalue weighted by Gasteiger charge is 2.29. The van der Waals surface area contributed by atoms with Crippen molar-refractivity contribution in [3.8, 4) is 0 Å². The van der Waals surface area contributed by atoms with Gasteiger partial charge in [-0.2, -0.15) is 0 Å². The van der Waals surface area contributed by atoms with E-state index in [0.717, 1.165) is 50.1 Å². The number of nitrogens with one attached hydrogen (secondary N) is 1. The van der Waals surface area contributed by atoms with Crippen LogP contribution in [0.3, 0.4) is 0 Å². The molecule has 1 saturated carbocycles. The zero-order valence-electron chi connectivity index (χ0n) is 13.4. The van der Waals surface area contributed by atoms with Crippen LogP contribution in [0, 0.1) is 12.8 Å². The molecule has 2 fully saturated rings. The molecule has 1 aliphatic carbocycles. The third-order valence-electron chi connectivity index (χ3n) is 5.13. The van der Waals surface area contributed by atoms with Gasteiger partial charge < -0.3 is 10.2 Å². The number of anilines is 1. The lowest BCUT2D eigenvalue weighted by Gasteiger charge is -2.34. The first kappa shape index (κ1) is 14.9. The molecule has 23 heavy (non-hydrogen) atoms. The second-order valence-electron chi connectivity index (χ2n) is 6.69. The number of rotatable bonds is 3. The molecule has 2 aromatic rings. The van der Waals surface area contributed by atoms with E-state index < -0.39 is 0 Å². The van der Waals surface area contributed by atoms with Crippen LogP contribution in [0.15, 0.2) is 11.7 Å². The SMILES string of the molecule is Cc1csc2c(N3CCC(NC(=O)C4CCC4)CC3)ncnc12. The Bertz CT molecular complexity index is 716. The van der Waals surface area contributed by atoms with Crippen LogP contribution in [0.5, 0.6) is 0 Å². The van der Waals surface area contributed by atoms with E-state index in [9.17, 15) is 4.79 Å². The van der Waals surface area contributed by atoms with Crippen LogP contribution in [-0.4, -0.2) is 35.0 Å². The molecule has 122 valence electrons. The van der Waals surface area contributed by atoms with E-state index >= 15 is 0 Å². The molecule has 0 bridgehead atoms. The number of hydrogen-bond acceptors (Lipinski definition) is 5. The lowest BCUT2D eigenvalue weighted by Crippen LogP contribution is -2.47. The van der Waals surface area contributed by atoms with Gasteiger partial charge >= 0.3 is 0 Å². The topological polar surface area (TPSA) is 58.1 Å². The molecule has 1 N–H and O–H groups in total. The Hall–Kier alpha value is -1.69. The summed E-state index contributed by atoms with van der Waals surface area (Å²) in [4.78, 5) is 23.3. The van der Waals surface area contributed by atoms with Gasteiger partial charge in [0.2, 0.25) is 5.91 Å². The Morgan fingerprint density at radius 2 is 2.04 bits per heavy atom. The molecule has 0 aromatic carbocycles. The Balaban J connectivity index is 1.41. The minimum atomic E-state index is 0.271. The molecule has 0 radical (unpaired) electrons. The van der Waals surface area contributed by atoms with Gasteiger partial charge in [0.15, 0.2) is 0 Å². The standard InChI is InChI=1S/C17H22N4OS/c1-11-9-23-15-14(11)18-10-19-16(15)21-7-5-13(6-8-21)20-17(22)12-3-2-4-12/h9-10,12-13H,2-8H2,1H3,(H,20,22). The highest BCUT2D eigenvalue weighted by Crippen LogP contribution is 2.32. The summed E-state index contributed by atoms with van der Waals surface area (Å²) >= 11 is 1.72. The number of hydrogen-bond donors (Lipinski definition) is 1. The maximum atomic E-state index is 12.1. The molecule has 0 unspecified atom stereocenters. The normalized spacial score (nSPS) is 19.8.